The number of piperazine rings is 3. The molecule has 0 unspecified atom stereocenters. The van der Waals surface area contributed by atoms with Crippen molar-refractivity contribution in [3.8, 4) is 89.9 Å². The number of halogens is 4. The minimum absolute atomic E-state index is 0.154. The molecular formula is C107H110Cl3FN16O6. The molecule has 4 saturated heterocycles. The van der Waals surface area contributed by atoms with Gasteiger partial charge in [-0.3, -0.25) is 38.5 Å². The number of nitrogens with one attached hydrogen (secondary N) is 1. The highest BCUT2D eigenvalue weighted by molar-refractivity contribution is 6.33. The summed E-state index contributed by atoms with van der Waals surface area (Å²) in [5.74, 6) is 3.25. The summed E-state index contributed by atoms with van der Waals surface area (Å²) in [6, 6.07) is 69.7. The van der Waals surface area contributed by atoms with Crippen LogP contribution in [-0.2, 0) is 45.3 Å². The molecule has 3 saturated carbocycles. The minimum Gasteiger partial charge on any atom is -0.497 e. The van der Waals surface area contributed by atoms with E-state index in [1.54, 1.807) is 33.3 Å². The summed E-state index contributed by atoms with van der Waals surface area (Å²) in [6.45, 7) is 16.0. The molecule has 7 fully saturated rings. The molecular weight excluding hydrogens is 1730 g/mol. The molecule has 8 aromatic heterocycles. The second-order valence-electron chi connectivity index (χ2n) is 35.7. The predicted octanol–water partition coefficient (Wildman–Crippen LogP) is 20.2. The van der Waals surface area contributed by atoms with Gasteiger partial charge in [-0.25, -0.2) is 24.3 Å². The van der Waals surface area contributed by atoms with Crippen LogP contribution in [0.5, 0.6) is 11.5 Å². The Labute approximate surface area is 789 Å². The van der Waals surface area contributed by atoms with E-state index >= 15 is 0 Å². The molecule has 0 bridgehead atoms. The first-order valence-electron chi connectivity index (χ1n) is 46.6. The van der Waals surface area contributed by atoms with Gasteiger partial charge in [0, 0.05) is 227 Å². The molecule has 4 aliphatic heterocycles. The lowest BCUT2D eigenvalue weighted by Gasteiger charge is -2.38. The molecule has 1 N–H and O–H groups in total. The molecule has 682 valence electrons. The zero-order valence-corrected chi connectivity index (χ0v) is 77.6. The van der Waals surface area contributed by atoms with Gasteiger partial charge in [0.1, 0.15) is 34.3 Å². The monoisotopic (exact) mass is 1840 g/mol. The Morgan fingerprint density at radius 3 is 1.29 bits per heavy atom. The summed E-state index contributed by atoms with van der Waals surface area (Å²) in [5.41, 5.74) is 22.9. The molecule has 3 amide bonds. The highest BCUT2D eigenvalue weighted by Gasteiger charge is 2.35. The molecule has 0 radical (unpaired) electrons. The second kappa shape index (κ2) is 41.1. The SMILES string of the molecule is CC(=O)N1CCN(Cc2c(-c3ccc(Cl)cc3)nc3cnc(C4CC4)cn23)CC1.COc1cccc(-c2nc3ccc(-c4ccccc4Cl)cn3c2CN2CCN(C(=O)C3CCC3)CC2)c1.COc1cccc(-c2nc3ccc(-c4ccccc4F)cn3c2CN2CCN(C(=O)C3CCC3)CC2)c1.Clc1ccc(-c2nc3ccc(-c4ccccc4)cn3c2CNC2CCOCC2)cc1. The summed E-state index contributed by atoms with van der Waals surface area (Å²) in [5, 5.41) is 5.91. The highest BCUT2D eigenvalue weighted by atomic mass is 35.5. The molecule has 7 aromatic carbocycles. The number of carbonyl (C=O) groups is 3. The Morgan fingerprint density at radius 1 is 0.406 bits per heavy atom. The largest absolute Gasteiger partial charge is 0.497 e. The number of pyridine rings is 3. The summed E-state index contributed by atoms with van der Waals surface area (Å²) >= 11 is 18.8. The first kappa shape index (κ1) is 90.0. The van der Waals surface area contributed by atoms with Gasteiger partial charge in [0.05, 0.1) is 71.7 Å². The maximum Gasteiger partial charge on any atom is 0.225 e. The normalized spacial score (nSPS) is 16.5. The van der Waals surface area contributed by atoms with Gasteiger partial charge < -0.3 is 47.4 Å². The Kier molecular flexibility index (Phi) is 27.8. The van der Waals surface area contributed by atoms with Crippen molar-refractivity contribution in [2.24, 2.45) is 11.8 Å². The maximum atomic E-state index is 14.6. The molecule has 12 heterocycles. The molecule has 15 aromatic rings. The smallest absolute Gasteiger partial charge is 0.225 e. The second-order valence-corrected chi connectivity index (χ2v) is 37.0. The van der Waals surface area contributed by atoms with E-state index in [9.17, 15) is 18.8 Å². The van der Waals surface area contributed by atoms with Crippen LogP contribution in [0, 0.1) is 17.7 Å². The molecule has 0 atom stereocenters. The van der Waals surface area contributed by atoms with Gasteiger partial charge in [0.15, 0.2) is 5.65 Å². The van der Waals surface area contributed by atoms with Crippen molar-refractivity contribution in [1.82, 2.24) is 77.2 Å². The number of benzene rings is 7. The maximum absolute atomic E-state index is 14.6. The quantitative estimate of drug-likeness (QED) is 0.0714. The zero-order valence-electron chi connectivity index (χ0n) is 75.4. The average molecular weight is 1840 g/mol. The number of imidazole rings is 4. The third kappa shape index (κ3) is 20.7. The molecule has 133 heavy (non-hydrogen) atoms. The number of rotatable bonds is 21. The fraction of sp³-hybridized carbons (Fsp3) is 0.327. The fourth-order valence-electron chi connectivity index (χ4n) is 18.8. The van der Waals surface area contributed by atoms with Gasteiger partial charge >= 0.3 is 0 Å². The van der Waals surface area contributed by atoms with Crippen molar-refractivity contribution >= 4 is 75.1 Å². The highest BCUT2D eigenvalue weighted by Crippen LogP contribution is 2.42. The number of amides is 3. The third-order valence-corrected chi connectivity index (χ3v) is 28.0. The minimum atomic E-state index is -0.246. The number of hydrogen-bond donors (Lipinski definition) is 1. The molecule has 26 heteroatoms. The van der Waals surface area contributed by atoms with Crippen molar-refractivity contribution in [3.63, 3.8) is 0 Å². The number of hydrogen-bond acceptors (Lipinski definition) is 15. The number of nitrogens with zero attached hydrogens (tertiary/aromatic N) is 15. The molecule has 22 nitrogen and oxygen atoms in total. The van der Waals surface area contributed by atoms with Crippen LogP contribution in [0.4, 0.5) is 4.39 Å². The summed E-state index contributed by atoms with van der Waals surface area (Å²) in [7, 11) is 3.35. The van der Waals surface area contributed by atoms with E-state index in [4.69, 9.17) is 68.9 Å². The molecule has 0 spiro atoms. The summed E-state index contributed by atoms with van der Waals surface area (Å²) < 4.78 is 39.8. The van der Waals surface area contributed by atoms with Gasteiger partial charge in [0.2, 0.25) is 17.7 Å². The van der Waals surface area contributed by atoms with Crippen LogP contribution < -0.4 is 14.8 Å². The average Bonchev–Trinajstić information content (AvgIpc) is 1.63. The lowest BCUT2D eigenvalue weighted by atomic mass is 9.84. The number of carbonyl (C=O) groups excluding carboxylic acids is 3. The zero-order chi connectivity index (χ0) is 91.0. The van der Waals surface area contributed by atoms with Gasteiger partial charge in [-0.2, -0.15) is 0 Å². The topological polar surface area (TPSA) is 192 Å². The van der Waals surface area contributed by atoms with Crippen molar-refractivity contribution in [2.45, 2.75) is 109 Å². The Morgan fingerprint density at radius 2 is 0.820 bits per heavy atom. The van der Waals surface area contributed by atoms with E-state index in [1.165, 1.54) is 48.6 Å². The van der Waals surface area contributed by atoms with E-state index in [1.807, 2.05) is 162 Å². The number of methoxy groups -OCH3 is 2. The number of ether oxygens (including phenoxy) is 3. The molecule has 22 rings (SSSR count). The van der Waals surface area contributed by atoms with Gasteiger partial charge in [0.25, 0.3) is 0 Å². The van der Waals surface area contributed by atoms with Crippen LogP contribution >= 0.6 is 34.8 Å². The van der Waals surface area contributed by atoms with E-state index in [2.05, 4.69) is 121 Å². The van der Waals surface area contributed by atoms with Gasteiger partial charge in [-0.1, -0.05) is 163 Å². The third-order valence-electron chi connectivity index (χ3n) is 27.2. The lowest BCUT2D eigenvalue weighted by Crippen LogP contribution is -2.50. The van der Waals surface area contributed by atoms with E-state index in [0.29, 0.717) is 35.9 Å². The summed E-state index contributed by atoms with van der Waals surface area (Å²) in [4.78, 5) is 74.9. The van der Waals surface area contributed by atoms with Crippen LogP contribution in [-0.4, -0.2) is 202 Å². The first-order chi connectivity index (χ1) is 65.1. The van der Waals surface area contributed by atoms with Crippen LogP contribution in [0.25, 0.3) is 101 Å². The fourth-order valence-corrected chi connectivity index (χ4v) is 19.3. The van der Waals surface area contributed by atoms with Crippen molar-refractivity contribution in [1.29, 1.82) is 0 Å². The van der Waals surface area contributed by atoms with E-state index in [0.717, 1.165) is 284 Å². The Balaban J connectivity index is 0.000000115. The van der Waals surface area contributed by atoms with Crippen molar-refractivity contribution in [2.75, 3.05) is 106 Å². The standard InChI is InChI=1S/C30H31ClN4O2.C30H31FN4O2.C25H24ClN3O.C22H24ClN5O/c2*1-37-24-9-5-8-22(18-24)29-27(20-33-14-16-34(17-15-33)30(36)21-6-4-7-21)35-19-23(12-13-28(35)32-29)25-10-2-3-11-26(25)31;26-21-9-6-19(7-10-21)25-23(16-27-22-12-14-30-15-13-22)29-17-20(8-11-24(29)28-25)18-4-2-1-3-5-18;1-15(29)27-10-8-26(9-11-27)14-20-22(17-4-6-18(23)7-5-17)25-21-12-24-19(13-28(20)21)16-2-3-16/h2*2-3,5,8-13,18-19,21H,4,6-7,14-17,20H2,1H3;1-11,17,22,27H,12-16H2;4-7,12-13,16H,2-3,8-11,14H2,1H3. The lowest BCUT2D eigenvalue weighted by molar-refractivity contribution is -0.140. The van der Waals surface area contributed by atoms with E-state index in [-0.39, 0.29) is 23.6 Å². The number of aromatic nitrogens is 9. The van der Waals surface area contributed by atoms with Crippen molar-refractivity contribution in [3.05, 3.63) is 293 Å². The Bertz CT molecular complexity index is 6420. The predicted molar refractivity (Wildman–Crippen MR) is 523 cm³/mol. The molecule has 3 aliphatic carbocycles. The molecule has 7 aliphatic rings. The number of fused-ring (bicyclic) bond motifs is 4. The van der Waals surface area contributed by atoms with Crippen LogP contribution in [0.1, 0.15) is 106 Å². The van der Waals surface area contributed by atoms with Crippen LogP contribution in [0.15, 0.2) is 243 Å². The van der Waals surface area contributed by atoms with Crippen LogP contribution in [0.2, 0.25) is 15.1 Å². The Hall–Kier alpha value is -12.2. The summed E-state index contributed by atoms with van der Waals surface area (Å²) in [6.07, 6.45) is 21.4. The van der Waals surface area contributed by atoms with Crippen LogP contribution in [0.3, 0.4) is 0 Å². The van der Waals surface area contributed by atoms with Gasteiger partial charge in [-0.05, 0) is 165 Å². The first-order valence-corrected chi connectivity index (χ1v) is 47.8. The van der Waals surface area contributed by atoms with E-state index < -0.39 is 0 Å². The van der Waals surface area contributed by atoms with Crippen molar-refractivity contribution < 1.29 is 33.0 Å². The van der Waals surface area contributed by atoms with Gasteiger partial charge in [-0.15, -0.1) is 0 Å².